The predicted molar refractivity (Wildman–Crippen MR) is 118 cm³/mol. The van der Waals surface area contributed by atoms with Gasteiger partial charge in [-0.2, -0.15) is 0 Å². The smallest absolute Gasteiger partial charge is 0.331 e. The van der Waals surface area contributed by atoms with E-state index in [1.807, 2.05) is 48.6 Å². The molecule has 0 aromatic heterocycles. The summed E-state index contributed by atoms with van der Waals surface area (Å²) in [5.74, 6) is 3.18. The van der Waals surface area contributed by atoms with Crippen LogP contribution in [0.2, 0.25) is 0 Å². The number of aliphatic carboxylic acids is 1. The number of allylic oxidation sites excluding steroid dienone is 5. The first-order chi connectivity index (χ1) is 14.6. The van der Waals surface area contributed by atoms with Crippen LogP contribution in [-0.4, -0.2) is 22.3 Å². The van der Waals surface area contributed by atoms with E-state index < -0.39 is 12.1 Å². The molecule has 4 aliphatic carbocycles. The van der Waals surface area contributed by atoms with Crippen molar-refractivity contribution in [2.24, 2.45) is 41.4 Å². The van der Waals surface area contributed by atoms with Crippen LogP contribution < -0.4 is 0 Å². The minimum atomic E-state index is -0.739. The molecule has 0 heterocycles. The minimum Gasteiger partial charge on any atom is -0.478 e. The maximum atomic E-state index is 11.6. The number of carboxylic acid groups (broad SMARTS) is 1. The number of aliphatic hydroxyl groups excluding tert-OH is 1. The van der Waals surface area contributed by atoms with Crippen LogP contribution in [0.3, 0.4) is 0 Å². The van der Waals surface area contributed by atoms with E-state index in [2.05, 4.69) is 24.3 Å². The van der Waals surface area contributed by atoms with Crippen LogP contribution in [0.25, 0.3) is 6.08 Å². The summed E-state index contributed by atoms with van der Waals surface area (Å²) in [5, 5.41) is 20.0. The number of hydrogen-bond donors (Lipinski definition) is 2. The van der Waals surface area contributed by atoms with Crippen molar-refractivity contribution in [1.29, 1.82) is 0 Å². The first-order valence-electron chi connectivity index (χ1n) is 11.3. The van der Waals surface area contributed by atoms with E-state index in [9.17, 15) is 15.0 Å². The van der Waals surface area contributed by atoms with Gasteiger partial charge in [0.15, 0.2) is 0 Å². The molecule has 2 fully saturated rings. The summed E-state index contributed by atoms with van der Waals surface area (Å²) in [5.41, 5.74) is 1.78. The van der Waals surface area contributed by atoms with Gasteiger partial charge in [-0.15, -0.1) is 0 Å². The highest BCUT2D eigenvalue weighted by Crippen LogP contribution is 2.67. The van der Waals surface area contributed by atoms with Crippen molar-refractivity contribution >= 4 is 12.0 Å². The molecular weight excluding hydrogens is 372 g/mol. The van der Waals surface area contributed by atoms with Crippen molar-refractivity contribution in [2.45, 2.75) is 31.8 Å². The highest BCUT2D eigenvalue weighted by atomic mass is 16.4. The molecule has 4 aliphatic rings. The summed E-state index contributed by atoms with van der Waals surface area (Å²) in [6.07, 6.45) is 17.9. The van der Waals surface area contributed by atoms with Crippen LogP contribution in [-0.2, 0) is 4.79 Å². The SMILES string of the molecule is O=C(O)C1=CC[C@@H]2C[C@H]3[C@H](CC[C@H](O)C=CC=Cc4ccccc4)[C@H]4C=C[C@@H]1[C@@H]2[C@H]43. The number of rotatable bonds is 7. The normalized spacial score (nSPS) is 37.1. The van der Waals surface area contributed by atoms with E-state index >= 15 is 0 Å². The lowest BCUT2D eigenvalue weighted by molar-refractivity contribution is -0.133. The average molecular weight is 403 g/mol. The maximum Gasteiger partial charge on any atom is 0.331 e. The summed E-state index contributed by atoms with van der Waals surface area (Å²) >= 11 is 0. The topological polar surface area (TPSA) is 57.5 Å². The molecule has 156 valence electrons. The van der Waals surface area contributed by atoms with E-state index in [1.54, 1.807) is 0 Å². The zero-order valence-electron chi connectivity index (χ0n) is 17.2. The van der Waals surface area contributed by atoms with Gasteiger partial charge in [0, 0.05) is 11.5 Å². The van der Waals surface area contributed by atoms with Gasteiger partial charge in [0.1, 0.15) is 0 Å². The van der Waals surface area contributed by atoms with Crippen molar-refractivity contribution in [3.8, 4) is 0 Å². The van der Waals surface area contributed by atoms with Crippen LogP contribution in [0, 0.1) is 41.4 Å². The van der Waals surface area contributed by atoms with Gasteiger partial charge in [-0.25, -0.2) is 4.79 Å². The quantitative estimate of drug-likeness (QED) is 0.492. The second-order valence-electron chi connectivity index (χ2n) is 9.47. The molecule has 5 rings (SSSR count). The summed E-state index contributed by atoms with van der Waals surface area (Å²) in [7, 11) is 0. The molecule has 8 atom stereocenters. The van der Waals surface area contributed by atoms with Crippen molar-refractivity contribution in [2.75, 3.05) is 0 Å². The molecular formula is C27H30O3. The van der Waals surface area contributed by atoms with Gasteiger partial charge in [0.05, 0.1) is 6.10 Å². The van der Waals surface area contributed by atoms with Crippen LogP contribution in [0.4, 0.5) is 0 Å². The highest BCUT2D eigenvalue weighted by molar-refractivity contribution is 5.88. The Morgan fingerprint density at radius 2 is 1.97 bits per heavy atom. The molecule has 3 nitrogen and oxygen atoms in total. The van der Waals surface area contributed by atoms with Gasteiger partial charge in [0.2, 0.25) is 0 Å². The van der Waals surface area contributed by atoms with E-state index in [-0.39, 0.29) is 5.92 Å². The molecule has 0 aliphatic heterocycles. The molecule has 2 saturated carbocycles. The van der Waals surface area contributed by atoms with Crippen LogP contribution in [0.1, 0.15) is 31.2 Å². The minimum absolute atomic E-state index is 0.123. The first-order valence-corrected chi connectivity index (χ1v) is 11.3. The largest absolute Gasteiger partial charge is 0.478 e. The molecule has 1 aromatic rings. The van der Waals surface area contributed by atoms with Crippen molar-refractivity contribution in [1.82, 2.24) is 0 Å². The van der Waals surface area contributed by atoms with Crippen LogP contribution in [0.15, 0.2) is 72.4 Å². The lowest BCUT2D eigenvalue weighted by Crippen LogP contribution is -2.49. The molecule has 0 unspecified atom stereocenters. The van der Waals surface area contributed by atoms with Crippen LogP contribution in [0.5, 0.6) is 0 Å². The third-order valence-corrected chi connectivity index (χ3v) is 8.08. The molecule has 0 saturated heterocycles. The summed E-state index contributed by atoms with van der Waals surface area (Å²) in [4.78, 5) is 11.6. The second kappa shape index (κ2) is 8.03. The molecule has 1 aromatic carbocycles. The highest BCUT2D eigenvalue weighted by Gasteiger charge is 2.62. The number of carbonyl (C=O) groups is 1. The van der Waals surface area contributed by atoms with E-state index in [4.69, 9.17) is 0 Å². The molecule has 0 bridgehead atoms. The summed E-state index contributed by atoms with van der Waals surface area (Å²) < 4.78 is 0. The van der Waals surface area contributed by atoms with E-state index in [0.717, 1.165) is 24.8 Å². The van der Waals surface area contributed by atoms with Crippen LogP contribution >= 0.6 is 0 Å². The van der Waals surface area contributed by atoms with Crippen molar-refractivity contribution in [3.05, 3.63) is 77.9 Å². The van der Waals surface area contributed by atoms with Crippen molar-refractivity contribution in [3.63, 3.8) is 0 Å². The number of hydrogen-bond acceptors (Lipinski definition) is 2. The standard InChI is InChI=1S/C27H30O3/c28-19(9-5-4-8-17-6-2-1-3-7-17)11-13-20-21-14-15-22-23(27(29)30)12-10-18-16-24(20)26(21)25(18)22/h1-9,12,14-15,18-22,24-26,28H,10-11,13,16H2,(H,29,30)/t18-,19-,20-,21-,22+,24+,25-,26-/m1/s1. The zero-order chi connectivity index (χ0) is 20.7. The zero-order valence-corrected chi connectivity index (χ0v) is 17.2. The Morgan fingerprint density at radius 1 is 1.13 bits per heavy atom. The number of carboxylic acids is 1. The predicted octanol–water partition coefficient (Wildman–Crippen LogP) is 5.11. The monoisotopic (exact) mass is 402 g/mol. The van der Waals surface area contributed by atoms with Crippen molar-refractivity contribution < 1.29 is 15.0 Å². The fourth-order valence-corrected chi connectivity index (χ4v) is 6.87. The number of benzene rings is 1. The molecule has 0 amide bonds. The second-order valence-corrected chi connectivity index (χ2v) is 9.47. The fourth-order valence-electron chi connectivity index (χ4n) is 6.87. The van der Waals surface area contributed by atoms with Gasteiger partial charge >= 0.3 is 5.97 Å². The lowest BCUT2D eigenvalue weighted by atomic mass is 9.50. The Hall–Kier alpha value is -2.39. The first kappa shape index (κ1) is 19.6. The van der Waals surface area contributed by atoms with E-state index in [1.165, 1.54) is 6.42 Å². The van der Waals surface area contributed by atoms with Gasteiger partial charge in [-0.1, -0.05) is 72.9 Å². The Morgan fingerprint density at radius 3 is 2.77 bits per heavy atom. The van der Waals surface area contributed by atoms with E-state index in [0.29, 0.717) is 41.1 Å². The Kier molecular flexibility index (Phi) is 5.24. The maximum absolute atomic E-state index is 11.6. The Balaban J connectivity index is 1.17. The molecule has 3 heteroatoms. The van der Waals surface area contributed by atoms with Gasteiger partial charge in [0.25, 0.3) is 0 Å². The van der Waals surface area contributed by atoms with Gasteiger partial charge in [-0.3, -0.25) is 0 Å². The van der Waals surface area contributed by atoms with Gasteiger partial charge < -0.3 is 10.2 Å². The Labute approximate surface area is 178 Å². The summed E-state index contributed by atoms with van der Waals surface area (Å²) in [6.45, 7) is 0. The summed E-state index contributed by atoms with van der Waals surface area (Å²) in [6, 6.07) is 10.2. The number of aliphatic hydroxyl groups is 1. The fraction of sp³-hybridized carbons (Fsp3) is 0.444. The lowest BCUT2D eigenvalue weighted by Gasteiger charge is -2.54. The molecule has 0 radical (unpaired) electrons. The average Bonchev–Trinajstić information content (AvgIpc) is 3.09. The molecule has 2 N–H and O–H groups in total. The third kappa shape index (κ3) is 3.39. The third-order valence-electron chi connectivity index (χ3n) is 8.08. The Bertz CT molecular complexity index is 909. The van der Waals surface area contributed by atoms with Gasteiger partial charge in [-0.05, 0) is 66.8 Å². The molecule has 0 spiro atoms. The molecule has 30 heavy (non-hydrogen) atoms.